The molecule has 24 heavy (non-hydrogen) atoms. The van der Waals surface area contributed by atoms with Crippen LogP contribution < -0.4 is 10.6 Å². The van der Waals surface area contributed by atoms with Crippen LogP contribution >= 0.6 is 23.2 Å². The number of nitrogens with one attached hydrogen (secondary N) is 2. The van der Waals surface area contributed by atoms with Gasteiger partial charge in [-0.1, -0.05) is 29.6 Å². The molecular weight excluding hydrogens is 347 g/mol. The number of hydrogen-bond acceptors (Lipinski definition) is 2. The summed E-state index contributed by atoms with van der Waals surface area (Å²) in [5.41, 5.74) is 0.315. The first kappa shape index (κ1) is 17.6. The number of fused-ring (bicyclic) bond motifs is 2. The summed E-state index contributed by atoms with van der Waals surface area (Å²) < 4.78 is 0. The molecular formula is C18H22Cl2N2O2. The lowest BCUT2D eigenvalue weighted by Crippen LogP contribution is -2.44. The summed E-state index contributed by atoms with van der Waals surface area (Å²) in [5.74, 6) is 1.65. The smallest absolute Gasteiger partial charge is 0.253 e. The second kappa shape index (κ2) is 7.32. The summed E-state index contributed by atoms with van der Waals surface area (Å²) in [7, 11) is 0. The zero-order chi connectivity index (χ0) is 17.3. The first-order chi connectivity index (χ1) is 11.4. The van der Waals surface area contributed by atoms with Crippen LogP contribution in [0.2, 0.25) is 10.0 Å². The Bertz CT molecular complexity index is 650. The fraction of sp³-hybridized carbons (Fsp3) is 0.556. The monoisotopic (exact) mass is 368 g/mol. The number of amides is 2. The molecule has 2 N–H and O–H groups in total. The normalized spacial score (nSPS) is 26.2. The standard InChI is InChI=1S/C18H22Cl2N2O2/c1-10(15-7-11-2-3-12(15)6-11)22-17(23)9-21-18(24)14-5-4-13(19)8-16(14)20/h4-5,8,10-12,15H,2-3,6-7,9H2,1H3,(H,21,24)(H,22,23). The molecule has 0 saturated heterocycles. The van der Waals surface area contributed by atoms with Crippen molar-refractivity contribution >= 4 is 35.0 Å². The molecule has 4 atom stereocenters. The maximum atomic E-state index is 12.1. The quantitative estimate of drug-likeness (QED) is 0.832. The highest BCUT2D eigenvalue weighted by atomic mass is 35.5. The van der Waals surface area contributed by atoms with Gasteiger partial charge in [-0.25, -0.2) is 0 Å². The van der Waals surface area contributed by atoms with E-state index in [2.05, 4.69) is 17.6 Å². The van der Waals surface area contributed by atoms with E-state index >= 15 is 0 Å². The maximum Gasteiger partial charge on any atom is 0.253 e. The van der Waals surface area contributed by atoms with Crippen LogP contribution in [0.15, 0.2) is 18.2 Å². The van der Waals surface area contributed by atoms with Gasteiger partial charge < -0.3 is 10.6 Å². The van der Waals surface area contributed by atoms with E-state index in [0.29, 0.717) is 16.5 Å². The molecule has 2 aliphatic rings. The molecule has 0 aliphatic heterocycles. The Morgan fingerprint density at radius 2 is 2.04 bits per heavy atom. The van der Waals surface area contributed by atoms with Crippen molar-refractivity contribution < 1.29 is 9.59 Å². The lowest BCUT2D eigenvalue weighted by molar-refractivity contribution is -0.121. The number of hydrogen-bond donors (Lipinski definition) is 2. The highest BCUT2D eigenvalue weighted by Gasteiger charge is 2.42. The van der Waals surface area contributed by atoms with Gasteiger partial charge in [0.1, 0.15) is 0 Å². The second-order valence-electron chi connectivity index (χ2n) is 7.00. The molecule has 2 amide bonds. The summed E-state index contributed by atoms with van der Waals surface area (Å²) in [6.45, 7) is 2.02. The average molecular weight is 369 g/mol. The lowest BCUT2D eigenvalue weighted by atomic mass is 9.84. The zero-order valence-electron chi connectivity index (χ0n) is 13.6. The van der Waals surface area contributed by atoms with E-state index in [4.69, 9.17) is 23.2 Å². The van der Waals surface area contributed by atoms with Crippen LogP contribution in [0.1, 0.15) is 43.0 Å². The molecule has 0 radical (unpaired) electrons. The molecule has 0 spiro atoms. The molecule has 6 heteroatoms. The van der Waals surface area contributed by atoms with Crippen molar-refractivity contribution in [1.29, 1.82) is 0 Å². The molecule has 1 aromatic carbocycles. The molecule has 2 aliphatic carbocycles. The zero-order valence-corrected chi connectivity index (χ0v) is 15.2. The van der Waals surface area contributed by atoms with Gasteiger partial charge in [-0.2, -0.15) is 0 Å². The molecule has 2 saturated carbocycles. The first-order valence-electron chi connectivity index (χ1n) is 8.46. The third-order valence-corrected chi connectivity index (χ3v) is 5.96. The largest absolute Gasteiger partial charge is 0.352 e. The minimum Gasteiger partial charge on any atom is -0.352 e. The average Bonchev–Trinajstić information content (AvgIpc) is 3.15. The van der Waals surface area contributed by atoms with Crippen molar-refractivity contribution in [3.05, 3.63) is 33.8 Å². The van der Waals surface area contributed by atoms with E-state index in [-0.39, 0.29) is 29.4 Å². The third-order valence-electron chi connectivity index (χ3n) is 5.41. The second-order valence-corrected chi connectivity index (χ2v) is 7.85. The fourth-order valence-electron chi connectivity index (χ4n) is 4.25. The van der Waals surface area contributed by atoms with Crippen molar-refractivity contribution in [2.75, 3.05) is 6.54 Å². The summed E-state index contributed by atoms with van der Waals surface area (Å²) in [6, 6.07) is 4.81. The van der Waals surface area contributed by atoms with Crippen LogP contribution in [0.3, 0.4) is 0 Å². The van der Waals surface area contributed by atoms with Gasteiger partial charge in [-0.15, -0.1) is 0 Å². The van der Waals surface area contributed by atoms with E-state index in [1.165, 1.54) is 31.7 Å². The predicted octanol–water partition coefficient (Wildman–Crippen LogP) is 3.66. The minimum absolute atomic E-state index is 0.0526. The van der Waals surface area contributed by atoms with Gasteiger partial charge in [-0.05, 0) is 62.1 Å². The molecule has 4 unspecified atom stereocenters. The van der Waals surface area contributed by atoms with Crippen molar-refractivity contribution in [2.24, 2.45) is 17.8 Å². The molecule has 0 heterocycles. The Balaban J connectivity index is 1.47. The number of carbonyl (C=O) groups excluding carboxylic acids is 2. The molecule has 1 aromatic rings. The van der Waals surface area contributed by atoms with E-state index < -0.39 is 0 Å². The summed E-state index contributed by atoms with van der Waals surface area (Å²) >= 11 is 11.8. The first-order valence-corrected chi connectivity index (χ1v) is 9.22. The van der Waals surface area contributed by atoms with Crippen LogP contribution in [-0.2, 0) is 4.79 Å². The van der Waals surface area contributed by atoms with Crippen LogP contribution in [0.5, 0.6) is 0 Å². The molecule has 3 rings (SSSR count). The lowest BCUT2D eigenvalue weighted by Gasteiger charge is -2.28. The molecule has 2 fully saturated rings. The predicted molar refractivity (Wildman–Crippen MR) is 95.3 cm³/mol. The molecule has 4 nitrogen and oxygen atoms in total. The summed E-state index contributed by atoms with van der Waals surface area (Å²) in [4.78, 5) is 24.2. The summed E-state index contributed by atoms with van der Waals surface area (Å²) in [6.07, 6.45) is 5.18. The van der Waals surface area contributed by atoms with Crippen LogP contribution in [0.4, 0.5) is 0 Å². The van der Waals surface area contributed by atoms with Crippen molar-refractivity contribution in [1.82, 2.24) is 10.6 Å². The summed E-state index contributed by atoms with van der Waals surface area (Å²) in [5, 5.41) is 6.38. The Morgan fingerprint density at radius 3 is 2.67 bits per heavy atom. The highest BCUT2D eigenvalue weighted by molar-refractivity contribution is 6.36. The molecule has 130 valence electrons. The van der Waals surface area contributed by atoms with Crippen LogP contribution in [0.25, 0.3) is 0 Å². The van der Waals surface area contributed by atoms with E-state index in [9.17, 15) is 9.59 Å². The maximum absolute atomic E-state index is 12.1. The Morgan fingerprint density at radius 1 is 1.25 bits per heavy atom. The van der Waals surface area contributed by atoms with E-state index in [1.54, 1.807) is 12.1 Å². The van der Waals surface area contributed by atoms with Gasteiger partial charge in [0.2, 0.25) is 5.91 Å². The number of halogens is 2. The van der Waals surface area contributed by atoms with Crippen LogP contribution in [-0.4, -0.2) is 24.4 Å². The van der Waals surface area contributed by atoms with Crippen molar-refractivity contribution in [2.45, 2.75) is 38.6 Å². The fourth-order valence-corrected chi connectivity index (χ4v) is 4.74. The SMILES string of the molecule is CC(NC(=O)CNC(=O)c1ccc(Cl)cc1Cl)C1CC2CCC1C2. The van der Waals surface area contributed by atoms with Gasteiger partial charge in [0.05, 0.1) is 17.1 Å². The van der Waals surface area contributed by atoms with Gasteiger partial charge in [0.25, 0.3) is 5.91 Å². The van der Waals surface area contributed by atoms with E-state index in [0.717, 1.165) is 11.8 Å². The minimum atomic E-state index is -0.376. The Hall–Kier alpha value is -1.26. The van der Waals surface area contributed by atoms with Gasteiger partial charge in [0.15, 0.2) is 0 Å². The number of carbonyl (C=O) groups is 2. The number of benzene rings is 1. The Labute approximate surface area is 152 Å². The van der Waals surface area contributed by atoms with Gasteiger partial charge in [0, 0.05) is 11.1 Å². The topological polar surface area (TPSA) is 58.2 Å². The number of rotatable bonds is 5. The molecule has 2 bridgehead atoms. The highest BCUT2D eigenvalue weighted by Crippen LogP contribution is 2.49. The van der Waals surface area contributed by atoms with Crippen molar-refractivity contribution in [3.8, 4) is 0 Å². The van der Waals surface area contributed by atoms with E-state index in [1.807, 2.05) is 0 Å². The van der Waals surface area contributed by atoms with Gasteiger partial charge >= 0.3 is 0 Å². The third kappa shape index (κ3) is 3.86. The van der Waals surface area contributed by atoms with Crippen molar-refractivity contribution in [3.63, 3.8) is 0 Å². The Kier molecular flexibility index (Phi) is 5.36. The molecule has 0 aromatic heterocycles. The van der Waals surface area contributed by atoms with Gasteiger partial charge in [-0.3, -0.25) is 9.59 Å². The van der Waals surface area contributed by atoms with Crippen LogP contribution in [0, 0.1) is 17.8 Å².